The second-order valence-electron chi connectivity index (χ2n) is 8.64. The van der Waals surface area contributed by atoms with E-state index in [2.05, 4.69) is 25.1 Å². The zero-order chi connectivity index (χ0) is 22.8. The Bertz CT molecular complexity index is 967. The fourth-order valence-corrected chi connectivity index (χ4v) is 4.65. The molecule has 2 aliphatic rings. The predicted molar refractivity (Wildman–Crippen MR) is 121 cm³/mol. The van der Waals surface area contributed by atoms with Crippen molar-refractivity contribution in [3.05, 3.63) is 52.2 Å². The summed E-state index contributed by atoms with van der Waals surface area (Å²) < 4.78 is 19.9. The van der Waals surface area contributed by atoms with Crippen LogP contribution >= 0.6 is 11.6 Å². The zero-order valence-corrected chi connectivity index (χ0v) is 19.3. The first kappa shape index (κ1) is 23.0. The Morgan fingerprint density at radius 2 is 2.00 bits per heavy atom. The smallest absolute Gasteiger partial charge is 0.142 e. The standard InChI is InChI=1S/C23H29ClFN5O2/c1-14(2)28-22(17(11-31)16-4-5-18(24)19(25)10-16)29-6-8-30(9-7-29)23-21-15(3)32-12-20(21)26-13-27-23/h4-5,10-11,13-15,17,22,28H,6-9,12H2,1-3H3/t15-,17?,22?/m0/s1. The van der Waals surface area contributed by atoms with E-state index in [1.165, 1.54) is 12.1 Å². The topological polar surface area (TPSA) is 70.6 Å². The molecule has 3 heterocycles. The number of carbonyl (C=O) groups is 1. The van der Waals surface area contributed by atoms with Gasteiger partial charge in [0.25, 0.3) is 0 Å². The summed E-state index contributed by atoms with van der Waals surface area (Å²) in [5, 5.41) is 3.56. The van der Waals surface area contributed by atoms with Crippen LogP contribution in [0.3, 0.4) is 0 Å². The van der Waals surface area contributed by atoms with Gasteiger partial charge < -0.3 is 14.4 Å². The van der Waals surface area contributed by atoms with Crippen molar-refractivity contribution in [2.45, 2.75) is 51.6 Å². The Hall–Kier alpha value is -2.13. The van der Waals surface area contributed by atoms with Crippen LogP contribution in [0.2, 0.25) is 5.02 Å². The molecule has 2 aromatic rings. The zero-order valence-electron chi connectivity index (χ0n) is 18.6. The van der Waals surface area contributed by atoms with Gasteiger partial charge in [-0.3, -0.25) is 10.2 Å². The number of nitrogens with zero attached hydrogens (tertiary/aromatic N) is 4. The Morgan fingerprint density at radius 1 is 1.25 bits per heavy atom. The molecular weight excluding hydrogens is 433 g/mol. The molecule has 172 valence electrons. The van der Waals surface area contributed by atoms with Crippen molar-refractivity contribution in [3.8, 4) is 0 Å². The van der Waals surface area contributed by atoms with Gasteiger partial charge in [-0.25, -0.2) is 14.4 Å². The predicted octanol–water partition coefficient (Wildman–Crippen LogP) is 3.29. The maximum Gasteiger partial charge on any atom is 0.142 e. The van der Waals surface area contributed by atoms with Gasteiger partial charge in [-0.15, -0.1) is 0 Å². The quantitative estimate of drug-likeness (QED) is 0.634. The minimum absolute atomic E-state index is 0.0196. The molecule has 0 amide bonds. The number of aldehydes is 1. The molecule has 32 heavy (non-hydrogen) atoms. The van der Waals surface area contributed by atoms with Crippen molar-refractivity contribution >= 4 is 23.7 Å². The molecule has 4 rings (SSSR count). The summed E-state index contributed by atoms with van der Waals surface area (Å²) in [6, 6.07) is 4.74. The second kappa shape index (κ2) is 9.79. The van der Waals surface area contributed by atoms with Crippen LogP contribution in [-0.4, -0.2) is 59.5 Å². The number of hydrogen-bond acceptors (Lipinski definition) is 7. The Morgan fingerprint density at radius 3 is 2.66 bits per heavy atom. The minimum Gasteiger partial charge on any atom is -0.367 e. The van der Waals surface area contributed by atoms with Gasteiger partial charge in [-0.2, -0.15) is 0 Å². The number of aromatic nitrogens is 2. The minimum atomic E-state index is -0.521. The molecule has 9 heteroatoms. The summed E-state index contributed by atoms with van der Waals surface area (Å²) in [5.74, 6) is -0.106. The number of piperazine rings is 1. The number of carbonyl (C=O) groups excluding carboxylic acids is 1. The van der Waals surface area contributed by atoms with Gasteiger partial charge in [0.05, 0.1) is 35.5 Å². The van der Waals surface area contributed by atoms with E-state index < -0.39 is 11.7 Å². The Balaban J connectivity index is 1.53. The van der Waals surface area contributed by atoms with Crippen molar-refractivity contribution in [1.29, 1.82) is 0 Å². The highest BCUT2D eigenvalue weighted by molar-refractivity contribution is 6.30. The molecule has 2 aliphatic heterocycles. The van der Waals surface area contributed by atoms with Crippen LogP contribution in [0.25, 0.3) is 0 Å². The van der Waals surface area contributed by atoms with Gasteiger partial charge in [0.15, 0.2) is 0 Å². The summed E-state index contributed by atoms with van der Waals surface area (Å²) in [6.07, 6.45) is 2.22. The number of benzene rings is 1. The Kier molecular flexibility index (Phi) is 7.05. The first-order chi connectivity index (χ1) is 15.4. The van der Waals surface area contributed by atoms with Gasteiger partial charge >= 0.3 is 0 Å². The van der Waals surface area contributed by atoms with Gasteiger partial charge in [0.2, 0.25) is 0 Å². The van der Waals surface area contributed by atoms with Crippen LogP contribution in [-0.2, 0) is 16.1 Å². The average molecular weight is 462 g/mol. The van der Waals surface area contributed by atoms with Gasteiger partial charge in [-0.1, -0.05) is 17.7 Å². The van der Waals surface area contributed by atoms with Crippen LogP contribution in [0.5, 0.6) is 0 Å². The highest BCUT2D eigenvalue weighted by Crippen LogP contribution is 2.35. The number of ether oxygens (including phenoxy) is 1. The SMILES string of the molecule is CC(C)NC(C(C=O)c1ccc(Cl)c(F)c1)N1CCN(c2ncnc3c2[C@H](C)OC3)CC1. The lowest BCUT2D eigenvalue weighted by Crippen LogP contribution is -2.58. The largest absolute Gasteiger partial charge is 0.367 e. The highest BCUT2D eigenvalue weighted by atomic mass is 35.5. The van der Waals surface area contributed by atoms with Gasteiger partial charge in [0, 0.05) is 37.8 Å². The average Bonchev–Trinajstić information content (AvgIpc) is 3.17. The molecule has 0 radical (unpaired) electrons. The van der Waals surface area contributed by atoms with E-state index in [-0.39, 0.29) is 23.3 Å². The molecule has 0 aliphatic carbocycles. The van der Waals surface area contributed by atoms with E-state index in [1.807, 2.05) is 20.8 Å². The summed E-state index contributed by atoms with van der Waals surface area (Å²) >= 11 is 5.85. The summed E-state index contributed by atoms with van der Waals surface area (Å²) in [7, 11) is 0. The fraction of sp³-hybridized carbons (Fsp3) is 0.522. The van der Waals surface area contributed by atoms with Gasteiger partial charge in [0.1, 0.15) is 24.2 Å². The van der Waals surface area contributed by atoms with Crippen molar-refractivity contribution in [3.63, 3.8) is 0 Å². The lowest BCUT2D eigenvalue weighted by molar-refractivity contribution is -0.111. The van der Waals surface area contributed by atoms with Crippen molar-refractivity contribution in [2.24, 2.45) is 0 Å². The lowest BCUT2D eigenvalue weighted by atomic mass is 9.95. The fourth-order valence-electron chi connectivity index (χ4n) is 4.54. The van der Waals surface area contributed by atoms with E-state index in [9.17, 15) is 9.18 Å². The molecule has 1 saturated heterocycles. The Labute approximate surface area is 192 Å². The van der Waals surface area contributed by atoms with Crippen LogP contribution in [0, 0.1) is 5.82 Å². The highest BCUT2D eigenvalue weighted by Gasteiger charge is 2.34. The normalized spacial score (nSPS) is 20.9. The summed E-state index contributed by atoms with van der Waals surface area (Å²) in [4.78, 5) is 25.6. The van der Waals surface area contributed by atoms with Crippen LogP contribution in [0.15, 0.2) is 24.5 Å². The molecule has 0 spiro atoms. The molecule has 1 N–H and O–H groups in total. The van der Waals surface area contributed by atoms with Crippen molar-refractivity contribution < 1.29 is 13.9 Å². The summed E-state index contributed by atoms with van der Waals surface area (Å²) in [5.41, 5.74) is 2.64. The third kappa shape index (κ3) is 4.64. The third-order valence-electron chi connectivity index (χ3n) is 6.15. The molecule has 2 unspecified atom stereocenters. The maximum absolute atomic E-state index is 14.1. The number of nitrogens with one attached hydrogen (secondary N) is 1. The number of halogens is 2. The molecule has 7 nitrogen and oxygen atoms in total. The molecule has 3 atom stereocenters. The molecule has 1 fully saturated rings. The number of hydrogen-bond donors (Lipinski definition) is 1. The van der Waals surface area contributed by atoms with Crippen molar-refractivity contribution in [2.75, 3.05) is 31.1 Å². The number of anilines is 1. The lowest BCUT2D eigenvalue weighted by Gasteiger charge is -2.43. The first-order valence-corrected chi connectivity index (χ1v) is 11.4. The summed E-state index contributed by atoms with van der Waals surface area (Å²) in [6.45, 7) is 9.61. The molecule has 1 aromatic carbocycles. The maximum atomic E-state index is 14.1. The number of fused-ring (bicyclic) bond motifs is 1. The molecule has 0 bridgehead atoms. The van der Waals surface area contributed by atoms with E-state index in [1.54, 1.807) is 12.4 Å². The second-order valence-corrected chi connectivity index (χ2v) is 9.04. The van der Waals surface area contributed by atoms with E-state index in [4.69, 9.17) is 16.3 Å². The molecule has 1 aromatic heterocycles. The van der Waals surface area contributed by atoms with E-state index in [0.717, 1.165) is 49.5 Å². The van der Waals surface area contributed by atoms with Crippen LogP contribution < -0.4 is 10.2 Å². The monoisotopic (exact) mass is 461 g/mol. The van der Waals surface area contributed by atoms with Crippen LogP contribution in [0.1, 0.15) is 49.6 Å². The first-order valence-electron chi connectivity index (χ1n) is 11.0. The van der Waals surface area contributed by atoms with E-state index >= 15 is 0 Å². The van der Waals surface area contributed by atoms with Crippen LogP contribution in [0.4, 0.5) is 10.2 Å². The number of rotatable bonds is 7. The third-order valence-corrected chi connectivity index (χ3v) is 6.46. The molecule has 0 saturated carbocycles. The van der Waals surface area contributed by atoms with Gasteiger partial charge in [-0.05, 0) is 38.5 Å². The van der Waals surface area contributed by atoms with Crippen molar-refractivity contribution in [1.82, 2.24) is 20.2 Å². The molecular formula is C23H29ClFN5O2. The van der Waals surface area contributed by atoms with E-state index in [0.29, 0.717) is 12.2 Å².